The molecule has 7 heteroatoms. The van der Waals surface area contributed by atoms with Crippen LogP contribution in [-0.4, -0.2) is 22.1 Å². The lowest BCUT2D eigenvalue weighted by molar-refractivity contribution is 0.102. The van der Waals surface area contributed by atoms with Gasteiger partial charge in [0.1, 0.15) is 11.2 Å². The normalized spacial score (nSPS) is 12.4. The number of amides is 1. The van der Waals surface area contributed by atoms with Gasteiger partial charge in [0.15, 0.2) is 11.5 Å². The molecule has 0 unspecified atom stereocenters. The maximum atomic E-state index is 12.5. The Morgan fingerprint density at radius 2 is 2.04 bits per heavy atom. The molecule has 0 bridgehead atoms. The van der Waals surface area contributed by atoms with E-state index >= 15 is 0 Å². The van der Waals surface area contributed by atoms with E-state index in [0.29, 0.717) is 22.8 Å². The summed E-state index contributed by atoms with van der Waals surface area (Å²) in [5.74, 6) is 0.647. The predicted octanol–water partition coefficient (Wildman–Crippen LogP) is 1.98. The van der Waals surface area contributed by atoms with Crippen molar-refractivity contribution in [3.05, 3.63) is 64.2 Å². The molecule has 0 spiro atoms. The monoisotopic (exact) mass is 323 g/mol. The molecule has 0 aliphatic carbocycles. The Morgan fingerprint density at radius 3 is 2.92 bits per heavy atom. The topological polar surface area (TPSA) is 81.9 Å². The number of aryl methyl sites for hydroxylation is 1. The number of aromatic nitrogens is 2. The molecule has 0 atom stereocenters. The fraction of sp³-hybridized carbons (Fsp3) is 0.118. The number of pyridine rings is 1. The van der Waals surface area contributed by atoms with Crippen LogP contribution in [-0.2, 0) is 0 Å². The van der Waals surface area contributed by atoms with Gasteiger partial charge < -0.3 is 14.8 Å². The van der Waals surface area contributed by atoms with Crippen molar-refractivity contribution in [1.82, 2.24) is 9.38 Å². The van der Waals surface area contributed by atoms with Crippen LogP contribution >= 0.6 is 0 Å². The lowest BCUT2D eigenvalue weighted by atomic mass is 10.2. The molecule has 7 nitrogen and oxygen atoms in total. The number of carbonyl (C=O) groups excluding carboxylic acids is 1. The van der Waals surface area contributed by atoms with Crippen LogP contribution in [0, 0.1) is 6.92 Å². The third kappa shape index (κ3) is 2.36. The molecule has 1 aliphatic heterocycles. The maximum Gasteiger partial charge on any atom is 0.270 e. The standard InChI is InChI=1S/C17H13N3O4/c1-10-4-5-20-15(6-10)18-8-12(17(20)22)16(21)19-11-2-3-13-14(7-11)24-9-23-13/h2-8H,9H2,1H3,(H,19,21). The molecule has 120 valence electrons. The Morgan fingerprint density at radius 1 is 1.21 bits per heavy atom. The SMILES string of the molecule is Cc1ccn2c(=O)c(C(=O)Nc3ccc4c(c3)OCO4)cnc2c1. The minimum absolute atomic E-state index is 0.0333. The molecule has 1 N–H and O–H groups in total. The van der Waals surface area contributed by atoms with Gasteiger partial charge in [-0.3, -0.25) is 14.0 Å². The summed E-state index contributed by atoms with van der Waals surface area (Å²) in [5.41, 5.74) is 1.55. The van der Waals surface area contributed by atoms with Crippen molar-refractivity contribution in [3.63, 3.8) is 0 Å². The molecule has 0 radical (unpaired) electrons. The number of rotatable bonds is 2. The van der Waals surface area contributed by atoms with E-state index < -0.39 is 11.5 Å². The van der Waals surface area contributed by atoms with Gasteiger partial charge in [-0.1, -0.05) is 0 Å². The Kier molecular flexibility index (Phi) is 3.19. The molecule has 1 aliphatic rings. The smallest absolute Gasteiger partial charge is 0.270 e. The quantitative estimate of drug-likeness (QED) is 0.780. The Bertz CT molecular complexity index is 1030. The fourth-order valence-electron chi connectivity index (χ4n) is 2.51. The Balaban J connectivity index is 1.67. The van der Waals surface area contributed by atoms with Crippen LogP contribution in [0.25, 0.3) is 5.65 Å². The first-order valence-electron chi connectivity index (χ1n) is 7.31. The molecule has 1 amide bonds. The minimum Gasteiger partial charge on any atom is -0.454 e. The highest BCUT2D eigenvalue weighted by molar-refractivity contribution is 6.04. The number of benzene rings is 1. The zero-order valence-electron chi connectivity index (χ0n) is 12.8. The molecule has 2 aromatic heterocycles. The van der Waals surface area contributed by atoms with Crippen LogP contribution in [0.3, 0.4) is 0 Å². The molecule has 0 saturated heterocycles. The molecule has 1 aromatic carbocycles. The molecule has 0 saturated carbocycles. The highest BCUT2D eigenvalue weighted by atomic mass is 16.7. The number of hydrogen-bond donors (Lipinski definition) is 1. The second-order valence-corrected chi connectivity index (χ2v) is 5.43. The number of nitrogens with zero attached hydrogens (tertiary/aromatic N) is 2. The van der Waals surface area contributed by atoms with Gasteiger partial charge in [-0.15, -0.1) is 0 Å². The van der Waals surface area contributed by atoms with Crippen molar-refractivity contribution in [1.29, 1.82) is 0 Å². The molecule has 24 heavy (non-hydrogen) atoms. The second-order valence-electron chi connectivity index (χ2n) is 5.43. The van der Waals surface area contributed by atoms with E-state index in [2.05, 4.69) is 10.3 Å². The summed E-state index contributed by atoms with van der Waals surface area (Å²) in [7, 11) is 0. The first-order valence-corrected chi connectivity index (χ1v) is 7.31. The zero-order valence-corrected chi connectivity index (χ0v) is 12.8. The van der Waals surface area contributed by atoms with Crippen LogP contribution in [0.4, 0.5) is 5.69 Å². The summed E-state index contributed by atoms with van der Waals surface area (Å²) < 4.78 is 11.8. The van der Waals surface area contributed by atoms with Crippen molar-refractivity contribution in [2.45, 2.75) is 6.92 Å². The third-order valence-electron chi connectivity index (χ3n) is 3.74. The van der Waals surface area contributed by atoms with Gasteiger partial charge in [-0.05, 0) is 36.8 Å². The predicted molar refractivity (Wildman–Crippen MR) is 86.7 cm³/mol. The van der Waals surface area contributed by atoms with Crippen LogP contribution < -0.4 is 20.3 Å². The van der Waals surface area contributed by atoms with Crippen molar-refractivity contribution >= 4 is 17.2 Å². The lowest BCUT2D eigenvalue weighted by Crippen LogP contribution is -2.26. The highest BCUT2D eigenvalue weighted by Gasteiger charge is 2.17. The maximum absolute atomic E-state index is 12.5. The second kappa shape index (κ2) is 5.38. The molecule has 0 fully saturated rings. The molecule has 4 rings (SSSR count). The van der Waals surface area contributed by atoms with E-state index in [1.54, 1.807) is 36.5 Å². The van der Waals surface area contributed by atoms with Crippen molar-refractivity contribution in [3.8, 4) is 11.5 Å². The number of fused-ring (bicyclic) bond motifs is 2. The van der Waals surface area contributed by atoms with E-state index in [9.17, 15) is 9.59 Å². The summed E-state index contributed by atoms with van der Waals surface area (Å²) in [6.45, 7) is 2.06. The van der Waals surface area contributed by atoms with E-state index in [1.165, 1.54) is 10.6 Å². The third-order valence-corrected chi connectivity index (χ3v) is 3.74. The number of anilines is 1. The number of carbonyl (C=O) groups is 1. The number of hydrogen-bond acceptors (Lipinski definition) is 5. The summed E-state index contributed by atoms with van der Waals surface area (Å²) in [4.78, 5) is 29.1. The van der Waals surface area contributed by atoms with E-state index in [4.69, 9.17) is 9.47 Å². The van der Waals surface area contributed by atoms with Crippen LogP contribution in [0.2, 0.25) is 0 Å². The van der Waals surface area contributed by atoms with Gasteiger partial charge in [0.05, 0.1) is 0 Å². The van der Waals surface area contributed by atoms with E-state index in [0.717, 1.165) is 5.56 Å². The molecule has 3 aromatic rings. The average Bonchev–Trinajstić information content (AvgIpc) is 3.02. The van der Waals surface area contributed by atoms with Gasteiger partial charge in [0.25, 0.3) is 11.5 Å². The Hall–Kier alpha value is -3.35. The van der Waals surface area contributed by atoms with E-state index in [1.807, 2.05) is 6.92 Å². The van der Waals surface area contributed by atoms with Crippen LogP contribution in [0.15, 0.2) is 47.5 Å². The first kappa shape index (κ1) is 14.3. The summed E-state index contributed by atoms with van der Waals surface area (Å²) >= 11 is 0. The molecule has 3 heterocycles. The van der Waals surface area contributed by atoms with Crippen molar-refractivity contribution < 1.29 is 14.3 Å². The van der Waals surface area contributed by atoms with Crippen LogP contribution in [0.5, 0.6) is 11.5 Å². The summed E-state index contributed by atoms with van der Waals surface area (Å²) in [5, 5.41) is 2.68. The van der Waals surface area contributed by atoms with Crippen LogP contribution in [0.1, 0.15) is 15.9 Å². The minimum atomic E-state index is -0.527. The molecular weight excluding hydrogens is 310 g/mol. The fourth-order valence-corrected chi connectivity index (χ4v) is 2.51. The first-order chi connectivity index (χ1) is 11.6. The van der Waals surface area contributed by atoms with Gasteiger partial charge in [0.2, 0.25) is 6.79 Å². The van der Waals surface area contributed by atoms with Gasteiger partial charge >= 0.3 is 0 Å². The molecular formula is C17H13N3O4. The average molecular weight is 323 g/mol. The number of ether oxygens (including phenoxy) is 2. The van der Waals surface area contributed by atoms with Gasteiger partial charge in [0, 0.05) is 24.1 Å². The van der Waals surface area contributed by atoms with Gasteiger partial charge in [-0.2, -0.15) is 0 Å². The van der Waals surface area contributed by atoms with Crippen molar-refractivity contribution in [2.24, 2.45) is 0 Å². The Labute approximate surface area is 136 Å². The zero-order chi connectivity index (χ0) is 16.7. The largest absolute Gasteiger partial charge is 0.454 e. The summed E-state index contributed by atoms with van der Waals surface area (Å²) in [6, 6.07) is 8.60. The number of nitrogens with one attached hydrogen (secondary N) is 1. The van der Waals surface area contributed by atoms with E-state index in [-0.39, 0.29) is 12.4 Å². The van der Waals surface area contributed by atoms with Gasteiger partial charge in [-0.25, -0.2) is 4.98 Å². The highest BCUT2D eigenvalue weighted by Crippen LogP contribution is 2.34. The lowest BCUT2D eigenvalue weighted by Gasteiger charge is -2.07. The van der Waals surface area contributed by atoms with Crippen molar-refractivity contribution in [2.75, 3.05) is 12.1 Å². The summed E-state index contributed by atoms with van der Waals surface area (Å²) in [6.07, 6.45) is 2.90.